The molecule has 0 radical (unpaired) electrons. The molecule has 2 heterocycles. The topological polar surface area (TPSA) is 24.5 Å². The van der Waals surface area contributed by atoms with E-state index in [-0.39, 0.29) is 0 Å². The maximum absolute atomic E-state index is 5.85. The predicted molar refractivity (Wildman–Crippen MR) is 85.1 cm³/mol. The van der Waals surface area contributed by atoms with Gasteiger partial charge in [0.15, 0.2) is 0 Å². The Hall–Kier alpha value is -0.120. The molecule has 0 aromatic rings. The molecule has 1 N–H and O–H groups in total. The van der Waals surface area contributed by atoms with E-state index in [1.165, 1.54) is 38.8 Å². The van der Waals surface area contributed by atoms with Crippen molar-refractivity contribution in [1.29, 1.82) is 0 Å². The molecule has 2 rings (SSSR count). The zero-order valence-corrected chi connectivity index (χ0v) is 14.0. The highest BCUT2D eigenvalue weighted by atomic mass is 16.5. The predicted octanol–water partition coefficient (Wildman–Crippen LogP) is 2.90. The Labute approximate surface area is 125 Å². The molecule has 0 aliphatic carbocycles. The van der Waals surface area contributed by atoms with Crippen molar-refractivity contribution >= 4 is 0 Å². The van der Waals surface area contributed by atoms with Gasteiger partial charge in [0.1, 0.15) is 0 Å². The molecule has 20 heavy (non-hydrogen) atoms. The van der Waals surface area contributed by atoms with Crippen LogP contribution in [-0.4, -0.2) is 49.8 Å². The molecule has 0 amide bonds. The number of hydrogen-bond donors (Lipinski definition) is 1. The molecule has 3 nitrogen and oxygen atoms in total. The van der Waals surface area contributed by atoms with Crippen molar-refractivity contribution in [2.24, 2.45) is 11.3 Å². The Morgan fingerprint density at radius 3 is 2.55 bits per heavy atom. The number of hydrogen-bond acceptors (Lipinski definition) is 3. The Balaban J connectivity index is 1.95. The van der Waals surface area contributed by atoms with Crippen LogP contribution in [0.5, 0.6) is 0 Å². The SMILES string of the molecule is CC(C)CNCC1(CN2CCCC2(C)C)CCCOC1. The molecule has 2 saturated heterocycles. The third-order valence-corrected chi connectivity index (χ3v) is 5.06. The van der Waals surface area contributed by atoms with Gasteiger partial charge in [-0.15, -0.1) is 0 Å². The van der Waals surface area contributed by atoms with Crippen LogP contribution in [-0.2, 0) is 4.74 Å². The second kappa shape index (κ2) is 6.76. The summed E-state index contributed by atoms with van der Waals surface area (Å²) in [7, 11) is 0. The highest BCUT2D eigenvalue weighted by Gasteiger charge is 2.40. The van der Waals surface area contributed by atoms with Gasteiger partial charge in [-0.2, -0.15) is 0 Å². The molecule has 0 bridgehead atoms. The van der Waals surface area contributed by atoms with Crippen LogP contribution in [0.15, 0.2) is 0 Å². The van der Waals surface area contributed by atoms with E-state index in [9.17, 15) is 0 Å². The van der Waals surface area contributed by atoms with Crippen LogP contribution in [0.25, 0.3) is 0 Å². The van der Waals surface area contributed by atoms with Gasteiger partial charge in [-0.25, -0.2) is 0 Å². The Morgan fingerprint density at radius 2 is 2.00 bits per heavy atom. The van der Waals surface area contributed by atoms with Gasteiger partial charge in [-0.3, -0.25) is 4.90 Å². The normalized spacial score (nSPS) is 31.1. The van der Waals surface area contributed by atoms with Crippen LogP contribution >= 0.6 is 0 Å². The van der Waals surface area contributed by atoms with Gasteiger partial charge < -0.3 is 10.1 Å². The van der Waals surface area contributed by atoms with Gasteiger partial charge in [0.25, 0.3) is 0 Å². The molecule has 1 unspecified atom stereocenters. The summed E-state index contributed by atoms with van der Waals surface area (Å²) in [6.07, 6.45) is 5.22. The van der Waals surface area contributed by atoms with E-state index in [0.717, 1.165) is 32.2 Å². The summed E-state index contributed by atoms with van der Waals surface area (Å²) >= 11 is 0. The second-order valence-electron chi connectivity index (χ2n) is 8.02. The number of nitrogens with one attached hydrogen (secondary N) is 1. The van der Waals surface area contributed by atoms with Gasteiger partial charge in [0.05, 0.1) is 6.61 Å². The minimum absolute atomic E-state index is 0.328. The molecule has 2 fully saturated rings. The summed E-state index contributed by atoms with van der Waals surface area (Å²) in [4.78, 5) is 2.71. The zero-order valence-electron chi connectivity index (χ0n) is 14.0. The van der Waals surface area contributed by atoms with Crippen molar-refractivity contribution in [3.63, 3.8) is 0 Å². The lowest BCUT2D eigenvalue weighted by Gasteiger charge is -2.44. The monoisotopic (exact) mass is 282 g/mol. The summed E-state index contributed by atoms with van der Waals surface area (Å²) in [5, 5.41) is 3.69. The molecule has 0 aromatic heterocycles. The lowest BCUT2D eigenvalue weighted by atomic mass is 9.81. The molecule has 118 valence electrons. The molecular weight excluding hydrogens is 248 g/mol. The maximum atomic E-state index is 5.85. The third-order valence-electron chi connectivity index (χ3n) is 5.06. The van der Waals surface area contributed by atoms with E-state index in [0.29, 0.717) is 11.0 Å². The van der Waals surface area contributed by atoms with Gasteiger partial charge in [0.2, 0.25) is 0 Å². The third kappa shape index (κ3) is 4.19. The van der Waals surface area contributed by atoms with Gasteiger partial charge in [-0.1, -0.05) is 13.8 Å². The fraction of sp³-hybridized carbons (Fsp3) is 1.00. The largest absolute Gasteiger partial charge is 0.381 e. The molecule has 2 aliphatic heterocycles. The molecule has 0 spiro atoms. The summed E-state index contributed by atoms with van der Waals surface area (Å²) in [5.74, 6) is 0.722. The molecule has 3 heteroatoms. The molecular formula is C17H34N2O. The molecule has 0 saturated carbocycles. The number of nitrogens with zero attached hydrogens (tertiary/aromatic N) is 1. The van der Waals surface area contributed by atoms with E-state index >= 15 is 0 Å². The highest BCUT2D eigenvalue weighted by Crippen LogP contribution is 2.35. The highest BCUT2D eigenvalue weighted by molar-refractivity contribution is 4.95. The van der Waals surface area contributed by atoms with Crippen molar-refractivity contribution in [2.75, 3.05) is 39.4 Å². The maximum Gasteiger partial charge on any atom is 0.0546 e. The molecule has 0 aromatic carbocycles. The van der Waals surface area contributed by atoms with E-state index < -0.39 is 0 Å². The van der Waals surface area contributed by atoms with Crippen molar-refractivity contribution in [1.82, 2.24) is 10.2 Å². The Bertz CT molecular complexity index is 295. The average Bonchev–Trinajstić information content (AvgIpc) is 2.69. The van der Waals surface area contributed by atoms with Crippen molar-refractivity contribution in [3.05, 3.63) is 0 Å². The smallest absolute Gasteiger partial charge is 0.0546 e. The summed E-state index contributed by atoms with van der Waals surface area (Å²) in [6, 6.07) is 0. The number of likely N-dealkylation sites (tertiary alicyclic amines) is 1. The van der Waals surface area contributed by atoms with E-state index in [4.69, 9.17) is 4.74 Å². The van der Waals surface area contributed by atoms with Crippen LogP contribution in [0, 0.1) is 11.3 Å². The minimum atomic E-state index is 0.328. The van der Waals surface area contributed by atoms with Crippen LogP contribution < -0.4 is 5.32 Å². The van der Waals surface area contributed by atoms with E-state index in [1.54, 1.807) is 0 Å². The van der Waals surface area contributed by atoms with Crippen LogP contribution in [0.2, 0.25) is 0 Å². The van der Waals surface area contributed by atoms with E-state index in [1.807, 2.05) is 0 Å². The molecule has 1 atom stereocenters. The quantitative estimate of drug-likeness (QED) is 0.811. The first-order valence-corrected chi connectivity index (χ1v) is 8.47. The lowest BCUT2D eigenvalue weighted by molar-refractivity contribution is -0.0355. The Kier molecular flexibility index (Phi) is 5.49. The van der Waals surface area contributed by atoms with Crippen LogP contribution in [0.4, 0.5) is 0 Å². The van der Waals surface area contributed by atoms with Gasteiger partial charge >= 0.3 is 0 Å². The number of rotatable bonds is 6. The minimum Gasteiger partial charge on any atom is -0.381 e. The lowest BCUT2D eigenvalue weighted by Crippen LogP contribution is -2.52. The van der Waals surface area contributed by atoms with Crippen LogP contribution in [0.1, 0.15) is 53.4 Å². The standard InChI is InChI=1S/C17H34N2O/c1-15(2)11-18-12-17(8-6-10-20-14-17)13-19-9-5-7-16(19,3)4/h15,18H,5-14H2,1-4H3. The second-order valence-corrected chi connectivity index (χ2v) is 8.02. The fourth-order valence-electron chi connectivity index (χ4n) is 3.72. The first kappa shape index (κ1) is 16.3. The van der Waals surface area contributed by atoms with Crippen LogP contribution in [0.3, 0.4) is 0 Å². The summed E-state index contributed by atoms with van der Waals surface area (Å²) in [6.45, 7) is 15.9. The first-order chi connectivity index (χ1) is 9.44. The van der Waals surface area contributed by atoms with E-state index in [2.05, 4.69) is 37.9 Å². The van der Waals surface area contributed by atoms with Gasteiger partial charge in [-0.05, 0) is 58.5 Å². The Morgan fingerprint density at radius 1 is 1.20 bits per heavy atom. The van der Waals surface area contributed by atoms with Crippen molar-refractivity contribution < 1.29 is 4.74 Å². The fourth-order valence-corrected chi connectivity index (χ4v) is 3.72. The first-order valence-electron chi connectivity index (χ1n) is 8.47. The van der Waals surface area contributed by atoms with Crippen molar-refractivity contribution in [3.8, 4) is 0 Å². The average molecular weight is 282 g/mol. The van der Waals surface area contributed by atoms with Gasteiger partial charge in [0, 0.05) is 30.7 Å². The summed E-state index contributed by atoms with van der Waals surface area (Å²) < 4.78 is 5.85. The molecule has 2 aliphatic rings. The summed E-state index contributed by atoms with van der Waals surface area (Å²) in [5.41, 5.74) is 0.706. The zero-order chi connectivity index (χ0) is 14.6. The van der Waals surface area contributed by atoms with Crippen molar-refractivity contribution in [2.45, 2.75) is 58.9 Å². The number of ether oxygens (including phenoxy) is 1.